The average Bonchev–Trinajstić information content (AvgIpc) is 2.62. The highest BCUT2D eigenvalue weighted by molar-refractivity contribution is 5.85. The van der Waals surface area contributed by atoms with Crippen LogP contribution in [0, 0.1) is 0 Å². The number of nitrogens with one attached hydrogen (secondary N) is 1. The van der Waals surface area contributed by atoms with E-state index in [0.717, 1.165) is 25.2 Å². The fourth-order valence-electron chi connectivity index (χ4n) is 3.39. The molecule has 27 heavy (non-hydrogen) atoms. The van der Waals surface area contributed by atoms with Crippen LogP contribution in [0.3, 0.4) is 0 Å². The molecule has 0 radical (unpaired) electrons. The molecule has 0 aliphatic carbocycles. The molecule has 0 aliphatic rings. The van der Waals surface area contributed by atoms with E-state index in [1.807, 2.05) is 0 Å². The SMILES string of the molecule is CCCCCCOc1ccc(CC(C)NC(C)C)c(-c2ccccc2)c1.Cl. The van der Waals surface area contributed by atoms with E-state index < -0.39 is 0 Å². The molecule has 2 aromatic carbocycles. The van der Waals surface area contributed by atoms with Gasteiger partial charge in [0.1, 0.15) is 5.75 Å². The van der Waals surface area contributed by atoms with Gasteiger partial charge in [0.2, 0.25) is 0 Å². The Morgan fingerprint density at radius 2 is 1.67 bits per heavy atom. The summed E-state index contributed by atoms with van der Waals surface area (Å²) in [6.45, 7) is 9.70. The topological polar surface area (TPSA) is 21.3 Å². The zero-order valence-electron chi connectivity index (χ0n) is 17.3. The van der Waals surface area contributed by atoms with Gasteiger partial charge in [0.15, 0.2) is 0 Å². The van der Waals surface area contributed by atoms with Gasteiger partial charge in [0.05, 0.1) is 6.61 Å². The lowest BCUT2D eigenvalue weighted by atomic mass is 9.95. The second-order valence-electron chi connectivity index (χ2n) is 7.52. The first-order valence-electron chi connectivity index (χ1n) is 10.2. The van der Waals surface area contributed by atoms with E-state index in [4.69, 9.17) is 4.74 Å². The van der Waals surface area contributed by atoms with Gasteiger partial charge in [-0.3, -0.25) is 0 Å². The Bertz CT molecular complexity index is 642. The minimum Gasteiger partial charge on any atom is -0.494 e. The molecule has 1 unspecified atom stereocenters. The number of rotatable bonds is 11. The zero-order valence-corrected chi connectivity index (χ0v) is 18.1. The summed E-state index contributed by atoms with van der Waals surface area (Å²) in [5.41, 5.74) is 3.92. The molecule has 2 rings (SSSR count). The van der Waals surface area contributed by atoms with Gasteiger partial charge in [-0.15, -0.1) is 12.4 Å². The molecular formula is C24H36ClNO. The monoisotopic (exact) mass is 389 g/mol. The normalized spacial score (nSPS) is 11.9. The molecule has 0 fully saturated rings. The fourth-order valence-corrected chi connectivity index (χ4v) is 3.39. The van der Waals surface area contributed by atoms with E-state index in [2.05, 4.69) is 81.5 Å². The summed E-state index contributed by atoms with van der Waals surface area (Å²) in [5.74, 6) is 0.980. The number of hydrogen-bond donors (Lipinski definition) is 1. The van der Waals surface area contributed by atoms with Crippen LogP contribution in [-0.2, 0) is 6.42 Å². The summed E-state index contributed by atoms with van der Waals surface area (Å²) in [7, 11) is 0. The molecule has 0 saturated carbocycles. The van der Waals surface area contributed by atoms with E-state index in [0.29, 0.717) is 12.1 Å². The van der Waals surface area contributed by atoms with Crippen molar-refractivity contribution in [3.63, 3.8) is 0 Å². The molecule has 1 atom stereocenters. The quantitative estimate of drug-likeness (QED) is 0.433. The molecule has 3 heteroatoms. The summed E-state index contributed by atoms with van der Waals surface area (Å²) >= 11 is 0. The van der Waals surface area contributed by atoms with E-state index in [1.165, 1.54) is 36.0 Å². The molecule has 2 nitrogen and oxygen atoms in total. The first kappa shape index (κ1) is 23.5. The molecule has 0 spiro atoms. The Morgan fingerprint density at radius 1 is 0.926 bits per heavy atom. The molecule has 0 bridgehead atoms. The molecule has 0 saturated heterocycles. The first-order chi connectivity index (χ1) is 12.6. The van der Waals surface area contributed by atoms with Gasteiger partial charge in [0.25, 0.3) is 0 Å². The predicted molar refractivity (Wildman–Crippen MR) is 120 cm³/mol. The van der Waals surface area contributed by atoms with Crippen LogP contribution in [0.25, 0.3) is 11.1 Å². The van der Waals surface area contributed by atoms with E-state index in [1.54, 1.807) is 0 Å². The maximum Gasteiger partial charge on any atom is 0.119 e. The van der Waals surface area contributed by atoms with Crippen molar-refractivity contribution in [2.24, 2.45) is 0 Å². The van der Waals surface area contributed by atoms with Crippen molar-refractivity contribution >= 4 is 12.4 Å². The lowest BCUT2D eigenvalue weighted by molar-refractivity contribution is 0.305. The van der Waals surface area contributed by atoms with Crippen LogP contribution in [0.2, 0.25) is 0 Å². The van der Waals surface area contributed by atoms with Crippen LogP contribution in [0.5, 0.6) is 5.75 Å². The Morgan fingerprint density at radius 3 is 2.33 bits per heavy atom. The highest BCUT2D eigenvalue weighted by Crippen LogP contribution is 2.29. The molecule has 1 N–H and O–H groups in total. The lowest BCUT2D eigenvalue weighted by Crippen LogP contribution is -2.33. The molecule has 0 amide bonds. The number of unbranched alkanes of at least 4 members (excludes halogenated alkanes) is 3. The van der Waals surface area contributed by atoms with Crippen molar-refractivity contribution in [2.75, 3.05) is 6.61 Å². The summed E-state index contributed by atoms with van der Waals surface area (Å²) in [6, 6.07) is 18.2. The van der Waals surface area contributed by atoms with Crippen LogP contribution >= 0.6 is 12.4 Å². The van der Waals surface area contributed by atoms with Crippen molar-refractivity contribution in [3.8, 4) is 16.9 Å². The Balaban J connectivity index is 0.00000364. The maximum absolute atomic E-state index is 6.02. The second-order valence-corrected chi connectivity index (χ2v) is 7.52. The highest BCUT2D eigenvalue weighted by atomic mass is 35.5. The van der Waals surface area contributed by atoms with Crippen LogP contribution < -0.4 is 10.1 Å². The average molecular weight is 390 g/mol. The molecule has 150 valence electrons. The van der Waals surface area contributed by atoms with E-state index in [9.17, 15) is 0 Å². The smallest absolute Gasteiger partial charge is 0.119 e. The van der Waals surface area contributed by atoms with Gasteiger partial charge in [-0.05, 0) is 48.6 Å². The summed E-state index contributed by atoms with van der Waals surface area (Å²) < 4.78 is 6.02. The number of ether oxygens (including phenoxy) is 1. The molecular weight excluding hydrogens is 354 g/mol. The van der Waals surface area contributed by atoms with Crippen LogP contribution in [-0.4, -0.2) is 18.7 Å². The number of benzene rings is 2. The number of halogens is 1. The summed E-state index contributed by atoms with van der Waals surface area (Å²) in [4.78, 5) is 0. The van der Waals surface area contributed by atoms with Crippen molar-refractivity contribution < 1.29 is 4.74 Å². The van der Waals surface area contributed by atoms with Crippen molar-refractivity contribution in [2.45, 2.75) is 71.9 Å². The number of hydrogen-bond acceptors (Lipinski definition) is 2. The van der Waals surface area contributed by atoms with Crippen LogP contribution in [0.15, 0.2) is 48.5 Å². The summed E-state index contributed by atoms with van der Waals surface area (Å²) in [6.07, 6.45) is 5.94. The van der Waals surface area contributed by atoms with Gasteiger partial charge in [-0.25, -0.2) is 0 Å². The van der Waals surface area contributed by atoms with Crippen LogP contribution in [0.1, 0.15) is 58.9 Å². The molecule has 2 aromatic rings. The fraction of sp³-hybridized carbons (Fsp3) is 0.500. The Labute approximate surface area is 172 Å². The highest BCUT2D eigenvalue weighted by Gasteiger charge is 2.11. The molecule has 0 heterocycles. The predicted octanol–water partition coefficient (Wildman–Crippen LogP) is 6.66. The Kier molecular flexibility index (Phi) is 11.2. The van der Waals surface area contributed by atoms with Gasteiger partial charge < -0.3 is 10.1 Å². The standard InChI is InChI=1S/C24H35NO.ClH/c1-5-6-7-11-16-26-23-15-14-22(17-20(4)25-19(2)3)24(18-23)21-12-9-8-10-13-21;/h8-10,12-15,18-20,25H,5-7,11,16-17H2,1-4H3;1H. The van der Waals surface area contributed by atoms with E-state index in [-0.39, 0.29) is 12.4 Å². The van der Waals surface area contributed by atoms with Gasteiger partial charge >= 0.3 is 0 Å². The van der Waals surface area contributed by atoms with Gasteiger partial charge in [-0.2, -0.15) is 0 Å². The van der Waals surface area contributed by atoms with Gasteiger partial charge in [0, 0.05) is 12.1 Å². The zero-order chi connectivity index (χ0) is 18.8. The third kappa shape index (κ3) is 8.36. The first-order valence-corrected chi connectivity index (χ1v) is 10.2. The largest absolute Gasteiger partial charge is 0.494 e. The van der Waals surface area contributed by atoms with Crippen molar-refractivity contribution in [1.82, 2.24) is 5.32 Å². The second kappa shape index (κ2) is 12.8. The summed E-state index contributed by atoms with van der Waals surface area (Å²) in [5, 5.41) is 3.61. The Hall–Kier alpha value is -1.51. The maximum atomic E-state index is 6.02. The third-order valence-corrected chi connectivity index (χ3v) is 4.58. The van der Waals surface area contributed by atoms with Crippen LogP contribution in [0.4, 0.5) is 0 Å². The molecule has 0 aromatic heterocycles. The minimum atomic E-state index is 0. The van der Waals surface area contributed by atoms with Crippen molar-refractivity contribution in [3.05, 3.63) is 54.1 Å². The van der Waals surface area contributed by atoms with Crippen molar-refractivity contribution in [1.29, 1.82) is 0 Å². The van der Waals surface area contributed by atoms with Gasteiger partial charge in [-0.1, -0.05) is 76.4 Å². The molecule has 0 aliphatic heterocycles. The minimum absolute atomic E-state index is 0. The lowest BCUT2D eigenvalue weighted by Gasteiger charge is -2.19. The third-order valence-electron chi connectivity index (χ3n) is 4.58. The van der Waals surface area contributed by atoms with E-state index >= 15 is 0 Å².